The summed E-state index contributed by atoms with van der Waals surface area (Å²) in [6, 6.07) is 0. The minimum absolute atomic E-state index is 0.424. The summed E-state index contributed by atoms with van der Waals surface area (Å²) in [4.78, 5) is 22.9. The van der Waals surface area contributed by atoms with Crippen LogP contribution in [-0.4, -0.2) is 11.9 Å². The van der Waals surface area contributed by atoms with Crippen molar-refractivity contribution >= 4 is 11.9 Å². The molecule has 0 aliphatic heterocycles. The van der Waals surface area contributed by atoms with Crippen LogP contribution < -0.4 is 0 Å². The number of hydrogen-bond acceptors (Lipinski definition) is 4. The van der Waals surface area contributed by atoms with Gasteiger partial charge < -0.3 is 9.47 Å². The van der Waals surface area contributed by atoms with E-state index in [1.165, 1.54) is 0 Å². The quantitative estimate of drug-likeness (QED) is 0.276. The second-order valence-corrected chi connectivity index (χ2v) is 3.26. The zero-order valence-corrected chi connectivity index (χ0v) is 9.61. The first-order valence-electron chi connectivity index (χ1n) is 5.30. The normalized spacial score (nSPS) is 9.62. The molecule has 90 valence electrons. The average Bonchev–Trinajstić information content (AvgIpc) is 2.25. The van der Waals surface area contributed by atoms with E-state index in [0.717, 1.165) is 31.8 Å². The fourth-order valence-electron chi connectivity index (χ4n) is 1.26. The zero-order chi connectivity index (χ0) is 12.4. The number of carbonyl (C=O) groups excluding carboxylic acids is 2. The molecule has 0 unspecified atom stereocenters. The SMILES string of the molecule is C=COC(=O)C(CCCCC)C(=O)OC=C. The van der Waals surface area contributed by atoms with E-state index in [4.69, 9.17) is 0 Å². The molecule has 0 aromatic rings. The second kappa shape index (κ2) is 8.71. The van der Waals surface area contributed by atoms with Gasteiger partial charge in [-0.3, -0.25) is 9.59 Å². The highest BCUT2D eigenvalue weighted by molar-refractivity contribution is 5.95. The van der Waals surface area contributed by atoms with E-state index in [1.54, 1.807) is 0 Å². The van der Waals surface area contributed by atoms with Crippen molar-refractivity contribution in [2.45, 2.75) is 32.6 Å². The monoisotopic (exact) mass is 226 g/mol. The molecule has 0 aliphatic rings. The van der Waals surface area contributed by atoms with Gasteiger partial charge in [0.25, 0.3) is 0 Å². The largest absolute Gasteiger partial charge is 0.434 e. The Balaban J connectivity index is 4.36. The molecule has 0 bridgehead atoms. The number of esters is 2. The van der Waals surface area contributed by atoms with Gasteiger partial charge in [-0.2, -0.15) is 0 Å². The van der Waals surface area contributed by atoms with Gasteiger partial charge in [-0.05, 0) is 6.42 Å². The van der Waals surface area contributed by atoms with E-state index in [9.17, 15) is 9.59 Å². The molecule has 0 saturated carbocycles. The van der Waals surface area contributed by atoms with Crippen molar-refractivity contribution in [1.82, 2.24) is 0 Å². The molecule has 0 spiro atoms. The number of ether oxygens (including phenoxy) is 2. The Morgan fingerprint density at radius 1 is 1.12 bits per heavy atom. The summed E-state index contributed by atoms with van der Waals surface area (Å²) < 4.78 is 9.18. The fraction of sp³-hybridized carbons (Fsp3) is 0.500. The van der Waals surface area contributed by atoms with Gasteiger partial charge in [0.15, 0.2) is 5.92 Å². The van der Waals surface area contributed by atoms with Crippen LogP contribution in [0.2, 0.25) is 0 Å². The van der Waals surface area contributed by atoms with Crippen LogP contribution in [0.4, 0.5) is 0 Å². The standard InChI is InChI=1S/C12H18O4/c1-4-7-8-9-10(11(13)15-5-2)12(14)16-6-3/h5-6,10H,2-4,7-9H2,1H3. The van der Waals surface area contributed by atoms with Crippen molar-refractivity contribution in [2.75, 3.05) is 0 Å². The third-order valence-corrected chi connectivity index (χ3v) is 2.06. The summed E-state index contributed by atoms with van der Waals surface area (Å²) >= 11 is 0. The molecule has 0 saturated heterocycles. The lowest BCUT2D eigenvalue weighted by Gasteiger charge is -2.11. The molecule has 0 radical (unpaired) electrons. The van der Waals surface area contributed by atoms with E-state index in [-0.39, 0.29) is 0 Å². The van der Waals surface area contributed by atoms with Gasteiger partial charge in [-0.15, -0.1) is 0 Å². The smallest absolute Gasteiger partial charge is 0.325 e. The number of rotatable bonds is 8. The first kappa shape index (κ1) is 14.4. The van der Waals surface area contributed by atoms with Crippen LogP contribution >= 0.6 is 0 Å². The van der Waals surface area contributed by atoms with Crippen molar-refractivity contribution in [3.05, 3.63) is 25.7 Å². The van der Waals surface area contributed by atoms with E-state index in [0.29, 0.717) is 6.42 Å². The van der Waals surface area contributed by atoms with Crippen molar-refractivity contribution < 1.29 is 19.1 Å². The van der Waals surface area contributed by atoms with Crippen LogP contribution in [0.15, 0.2) is 25.7 Å². The highest BCUT2D eigenvalue weighted by Crippen LogP contribution is 2.14. The van der Waals surface area contributed by atoms with Crippen LogP contribution in [0.5, 0.6) is 0 Å². The van der Waals surface area contributed by atoms with Crippen molar-refractivity contribution in [2.24, 2.45) is 5.92 Å². The van der Waals surface area contributed by atoms with Gasteiger partial charge in [-0.1, -0.05) is 39.3 Å². The Morgan fingerprint density at radius 3 is 2.00 bits per heavy atom. The van der Waals surface area contributed by atoms with E-state index in [1.807, 2.05) is 6.92 Å². The van der Waals surface area contributed by atoms with Gasteiger partial charge in [-0.25, -0.2) is 0 Å². The minimum atomic E-state index is -0.887. The zero-order valence-electron chi connectivity index (χ0n) is 9.61. The lowest BCUT2D eigenvalue weighted by molar-refractivity contribution is -0.156. The third-order valence-electron chi connectivity index (χ3n) is 2.06. The van der Waals surface area contributed by atoms with Crippen molar-refractivity contribution in [1.29, 1.82) is 0 Å². The highest BCUT2D eigenvalue weighted by Gasteiger charge is 2.28. The summed E-state index contributed by atoms with van der Waals surface area (Å²) in [5, 5.41) is 0. The predicted molar refractivity (Wildman–Crippen MR) is 60.2 cm³/mol. The Morgan fingerprint density at radius 2 is 1.62 bits per heavy atom. The Kier molecular flexibility index (Phi) is 7.85. The first-order valence-corrected chi connectivity index (χ1v) is 5.30. The highest BCUT2D eigenvalue weighted by atomic mass is 16.5. The second-order valence-electron chi connectivity index (χ2n) is 3.26. The topological polar surface area (TPSA) is 52.6 Å². The van der Waals surface area contributed by atoms with E-state index >= 15 is 0 Å². The molecule has 0 heterocycles. The lowest BCUT2D eigenvalue weighted by atomic mass is 10.0. The van der Waals surface area contributed by atoms with E-state index < -0.39 is 17.9 Å². The van der Waals surface area contributed by atoms with Crippen LogP contribution in [0, 0.1) is 5.92 Å². The van der Waals surface area contributed by atoms with Crippen LogP contribution in [-0.2, 0) is 19.1 Å². The molecular formula is C12H18O4. The predicted octanol–water partition coefficient (Wildman–Crippen LogP) is 2.56. The maximum Gasteiger partial charge on any atom is 0.325 e. The van der Waals surface area contributed by atoms with Crippen molar-refractivity contribution in [3.8, 4) is 0 Å². The summed E-state index contributed by atoms with van der Waals surface area (Å²) in [7, 11) is 0. The lowest BCUT2D eigenvalue weighted by Crippen LogP contribution is -2.25. The Labute approximate surface area is 95.9 Å². The van der Waals surface area contributed by atoms with Gasteiger partial charge in [0.1, 0.15) is 0 Å². The maximum absolute atomic E-state index is 11.4. The molecular weight excluding hydrogens is 208 g/mol. The van der Waals surface area contributed by atoms with Crippen molar-refractivity contribution in [3.63, 3.8) is 0 Å². The summed E-state index contributed by atoms with van der Waals surface area (Å²) in [6.07, 6.45) is 5.19. The molecule has 16 heavy (non-hydrogen) atoms. The molecule has 0 fully saturated rings. The van der Waals surface area contributed by atoms with Crippen LogP contribution in [0.25, 0.3) is 0 Å². The van der Waals surface area contributed by atoms with Crippen LogP contribution in [0.1, 0.15) is 32.6 Å². The number of hydrogen-bond donors (Lipinski definition) is 0. The molecule has 0 N–H and O–H groups in total. The van der Waals surface area contributed by atoms with Gasteiger partial charge in [0.2, 0.25) is 0 Å². The van der Waals surface area contributed by atoms with E-state index in [2.05, 4.69) is 22.6 Å². The van der Waals surface area contributed by atoms with Crippen LogP contribution in [0.3, 0.4) is 0 Å². The molecule has 0 aliphatic carbocycles. The maximum atomic E-state index is 11.4. The third kappa shape index (κ3) is 5.34. The molecule has 0 aromatic heterocycles. The van der Waals surface area contributed by atoms with Gasteiger partial charge >= 0.3 is 11.9 Å². The minimum Gasteiger partial charge on any atom is -0.434 e. The fourth-order valence-corrected chi connectivity index (χ4v) is 1.26. The Bertz CT molecular complexity index is 236. The molecule has 0 amide bonds. The summed E-state index contributed by atoms with van der Waals surface area (Å²) in [5.74, 6) is -2.14. The average molecular weight is 226 g/mol. The molecule has 0 aromatic carbocycles. The number of unbranched alkanes of at least 4 members (excludes halogenated alkanes) is 2. The first-order chi connectivity index (χ1) is 7.67. The molecule has 0 rings (SSSR count). The molecule has 0 atom stereocenters. The summed E-state index contributed by atoms with van der Waals surface area (Å²) in [5.41, 5.74) is 0. The molecule has 4 heteroatoms. The Hall–Kier alpha value is -1.58. The van der Waals surface area contributed by atoms with Gasteiger partial charge in [0, 0.05) is 0 Å². The van der Waals surface area contributed by atoms with Gasteiger partial charge in [0.05, 0.1) is 12.5 Å². The number of carbonyl (C=O) groups is 2. The molecule has 4 nitrogen and oxygen atoms in total. The summed E-state index contributed by atoms with van der Waals surface area (Å²) in [6.45, 7) is 8.58.